The lowest BCUT2D eigenvalue weighted by molar-refractivity contribution is -0.119. The maximum absolute atomic E-state index is 12.8. The SMILES string of the molecule is CSc1ncc(CC(C)C)c(=O)n1CC(=O)CCc1cc2cnccc2[nH]1. The van der Waals surface area contributed by atoms with Gasteiger partial charge in [-0.1, -0.05) is 25.6 Å². The number of fused-ring (bicyclic) bond motifs is 1. The summed E-state index contributed by atoms with van der Waals surface area (Å²) in [6, 6.07) is 3.93. The third-order valence-electron chi connectivity index (χ3n) is 4.38. The molecule has 0 unspecified atom stereocenters. The Morgan fingerprint density at radius 2 is 2.15 bits per heavy atom. The molecule has 0 atom stereocenters. The van der Waals surface area contributed by atoms with Gasteiger partial charge >= 0.3 is 0 Å². The number of hydrogen-bond donors (Lipinski definition) is 1. The number of rotatable bonds is 8. The molecule has 0 radical (unpaired) electrons. The molecule has 0 aromatic carbocycles. The van der Waals surface area contributed by atoms with Crippen molar-refractivity contribution in [3.8, 4) is 0 Å². The van der Waals surface area contributed by atoms with Gasteiger partial charge in [-0.2, -0.15) is 0 Å². The Morgan fingerprint density at radius 3 is 2.85 bits per heavy atom. The summed E-state index contributed by atoms with van der Waals surface area (Å²) in [6.07, 6.45) is 8.69. The van der Waals surface area contributed by atoms with E-state index >= 15 is 0 Å². The van der Waals surface area contributed by atoms with Crippen LogP contribution in [0, 0.1) is 5.92 Å². The molecule has 142 valence electrons. The smallest absolute Gasteiger partial charge is 0.257 e. The van der Waals surface area contributed by atoms with Gasteiger partial charge < -0.3 is 4.98 Å². The molecule has 0 aliphatic carbocycles. The molecule has 0 saturated heterocycles. The lowest BCUT2D eigenvalue weighted by Crippen LogP contribution is -2.30. The van der Waals surface area contributed by atoms with Gasteiger partial charge in [0.25, 0.3) is 5.56 Å². The van der Waals surface area contributed by atoms with Gasteiger partial charge in [0.2, 0.25) is 0 Å². The number of aryl methyl sites for hydroxylation is 1. The zero-order valence-electron chi connectivity index (χ0n) is 15.9. The van der Waals surface area contributed by atoms with Crippen LogP contribution in [0.25, 0.3) is 10.9 Å². The van der Waals surface area contributed by atoms with Gasteiger partial charge in [-0.15, -0.1) is 0 Å². The van der Waals surface area contributed by atoms with Crippen molar-refractivity contribution < 1.29 is 4.79 Å². The molecule has 0 saturated carbocycles. The molecular formula is C20H24N4O2S. The first-order valence-corrected chi connectivity index (χ1v) is 10.3. The number of pyridine rings is 1. The average molecular weight is 385 g/mol. The molecule has 1 N–H and O–H groups in total. The number of ketones is 1. The summed E-state index contributed by atoms with van der Waals surface area (Å²) in [7, 11) is 0. The van der Waals surface area contributed by atoms with E-state index < -0.39 is 0 Å². The quantitative estimate of drug-likeness (QED) is 0.476. The standard InChI is InChI=1S/C20H24N4O2S/c1-13(2)8-15-11-22-20(27-3)24(19(15)26)12-17(25)5-4-16-9-14-10-21-7-6-18(14)23-16/h6-7,9-11,13,23H,4-5,8,12H2,1-3H3. The van der Waals surface area contributed by atoms with Crippen molar-refractivity contribution in [1.29, 1.82) is 0 Å². The van der Waals surface area contributed by atoms with E-state index in [9.17, 15) is 9.59 Å². The Labute approximate surface area is 162 Å². The molecule has 0 aliphatic heterocycles. The van der Waals surface area contributed by atoms with E-state index in [0.29, 0.717) is 35.9 Å². The van der Waals surface area contributed by atoms with Gasteiger partial charge in [0.1, 0.15) is 0 Å². The number of nitrogens with one attached hydrogen (secondary N) is 1. The predicted molar refractivity (Wildman–Crippen MR) is 108 cm³/mol. The molecule has 0 aliphatic rings. The maximum atomic E-state index is 12.8. The number of aromatic amines is 1. The number of nitrogens with zero attached hydrogens (tertiary/aromatic N) is 3. The van der Waals surface area contributed by atoms with E-state index in [1.807, 2.05) is 18.4 Å². The van der Waals surface area contributed by atoms with Crippen molar-refractivity contribution in [3.63, 3.8) is 0 Å². The summed E-state index contributed by atoms with van der Waals surface area (Å²) >= 11 is 1.38. The number of hydrogen-bond acceptors (Lipinski definition) is 5. The Morgan fingerprint density at radius 1 is 1.33 bits per heavy atom. The van der Waals surface area contributed by atoms with Crippen molar-refractivity contribution in [2.24, 2.45) is 5.92 Å². The van der Waals surface area contributed by atoms with Crippen molar-refractivity contribution >= 4 is 28.4 Å². The Balaban J connectivity index is 1.72. The summed E-state index contributed by atoms with van der Waals surface area (Å²) in [5.74, 6) is 0.382. The fourth-order valence-corrected chi connectivity index (χ4v) is 3.62. The maximum Gasteiger partial charge on any atom is 0.257 e. The molecule has 3 rings (SSSR count). The highest BCUT2D eigenvalue weighted by Gasteiger charge is 2.14. The minimum Gasteiger partial charge on any atom is -0.358 e. The van der Waals surface area contributed by atoms with Crippen LogP contribution in [0.15, 0.2) is 40.7 Å². The number of Topliss-reactive ketones (excluding diaryl/α,β-unsaturated/α-hetero) is 1. The lowest BCUT2D eigenvalue weighted by Gasteiger charge is -2.12. The third kappa shape index (κ3) is 4.66. The average Bonchev–Trinajstić information content (AvgIpc) is 3.06. The van der Waals surface area contributed by atoms with Crippen molar-refractivity contribution in [3.05, 3.63) is 52.3 Å². The minimum atomic E-state index is -0.104. The van der Waals surface area contributed by atoms with Crippen LogP contribution in [-0.2, 0) is 24.2 Å². The van der Waals surface area contributed by atoms with Gasteiger partial charge in [-0.3, -0.25) is 19.1 Å². The Hall–Kier alpha value is -2.41. The fraction of sp³-hybridized carbons (Fsp3) is 0.400. The second-order valence-electron chi connectivity index (χ2n) is 7.06. The highest BCUT2D eigenvalue weighted by molar-refractivity contribution is 7.98. The number of carbonyl (C=O) groups is 1. The van der Waals surface area contributed by atoms with Crippen LogP contribution in [-0.4, -0.2) is 31.6 Å². The van der Waals surface area contributed by atoms with Crippen LogP contribution < -0.4 is 5.56 Å². The highest BCUT2D eigenvalue weighted by Crippen LogP contribution is 2.15. The summed E-state index contributed by atoms with van der Waals surface area (Å²) < 4.78 is 1.51. The van der Waals surface area contributed by atoms with Gasteiger partial charge in [-0.25, -0.2) is 4.98 Å². The molecular weight excluding hydrogens is 360 g/mol. The summed E-state index contributed by atoms with van der Waals surface area (Å²) in [5, 5.41) is 1.61. The van der Waals surface area contributed by atoms with Crippen LogP contribution in [0.2, 0.25) is 0 Å². The van der Waals surface area contributed by atoms with E-state index in [-0.39, 0.29) is 17.9 Å². The topological polar surface area (TPSA) is 80.6 Å². The highest BCUT2D eigenvalue weighted by atomic mass is 32.2. The largest absolute Gasteiger partial charge is 0.358 e. The van der Waals surface area contributed by atoms with E-state index in [0.717, 1.165) is 16.6 Å². The lowest BCUT2D eigenvalue weighted by atomic mass is 10.1. The molecule has 3 aromatic heterocycles. The third-order valence-corrected chi connectivity index (χ3v) is 5.07. The summed E-state index contributed by atoms with van der Waals surface area (Å²) in [5.41, 5.74) is 2.57. The molecule has 3 aromatic rings. The normalized spacial score (nSPS) is 11.4. The monoisotopic (exact) mass is 384 g/mol. The van der Waals surface area contributed by atoms with Gasteiger partial charge in [-0.05, 0) is 37.1 Å². The van der Waals surface area contributed by atoms with Gasteiger partial charge in [0.05, 0.1) is 6.54 Å². The predicted octanol–water partition coefficient (Wildman–Crippen LogP) is 3.24. The second kappa shape index (κ2) is 8.52. The van der Waals surface area contributed by atoms with E-state index in [4.69, 9.17) is 0 Å². The molecule has 6 nitrogen and oxygen atoms in total. The summed E-state index contributed by atoms with van der Waals surface area (Å²) in [4.78, 5) is 37.1. The van der Waals surface area contributed by atoms with Crippen molar-refractivity contribution in [2.75, 3.05) is 6.26 Å². The fourth-order valence-electron chi connectivity index (χ4n) is 3.10. The molecule has 27 heavy (non-hydrogen) atoms. The minimum absolute atomic E-state index is 0.0210. The van der Waals surface area contributed by atoms with Crippen molar-refractivity contribution in [1.82, 2.24) is 19.5 Å². The first-order valence-electron chi connectivity index (χ1n) is 9.04. The second-order valence-corrected chi connectivity index (χ2v) is 7.83. The first-order chi connectivity index (χ1) is 13.0. The number of thioether (sulfide) groups is 1. The molecule has 0 fully saturated rings. The van der Waals surface area contributed by atoms with Gasteiger partial charge in [0, 0.05) is 47.2 Å². The van der Waals surface area contributed by atoms with Gasteiger partial charge in [0.15, 0.2) is 10.9 Å². The van der Waals surface area contributed by atoms with Crippen LogP contribution in [0.1, 0.15) is 31.5 Å². The molecule has 0 spiro atoms. The Kier molecular flexibility index (Phi) is 6.11. The van der Waals surface area contributed by atoms with E-state index in [2.05, 4.69) is 28.8 Å². The Bertz CT molecular complexity index is 974. The zero-order valence-corrected chi connectivity index (χ0v) is 16.7. The number of aromatic nitrogens is 4. The van der Waals surface area contributed by atoms with Crippen LogP contribution >= 0.6 is 11.8 Å². The molecule has 3 heterocycles. The van der Waals surface area contributed by atoms with E-state index in [1.54, 1.807) is 18.6 Å². The number of H-pyrrole nitrogens is 1. The number of carbonyl (C=O) groups excluding carboxylic acids is 1. The van der Waals surface area contributed by atoms with Crippen molar-refractivity contribution in [2.45, 2.75) is 44.8 Å². The molecule has 0 bridgehead atoms. The first kappa shape index (κ1) is 19.4. The van der Waals surface area contributed by atoms with Crippen LogP contribution in [0.4, 0.5) is 0 Å². The summed E-state index contributed by atoms with van der Waals surface area (Å²) in [6.45, 7) is 4.19. The molecule has 0 amide bonds. The van der Waals surface area contributed by atoms with Crippen LogP contribution in [0.5, 0.6) is 0 Å². The molecule has 7 heteroatoms. The van der Waals surface area contributed by atoms with Crippen LogP contribution in [0.3, 0.4) is 0 Å². The zero-order chi connectivity index (χ0) is 19.4. The van der Waals surface area contributed by atoms with E-state index in [1.165, 1.54) is 16.3 Å².